The van der Waals surface area contributed by atoms with Gasteiger partial charge >= 0.3 is 5.97 Å². The molecule has 166 valence electrons. The van der Waals surface area contributed by atoms with E-state index >= 15 is 0 Å². The Kier molecular flexibility index (Phi) is 6.04. The Bertz CT molecular complexity index is 1320. The van der Waals surface area contributed by atoms with Gasteiger partial charge in [-0.15, -0.1) is 11.3 Å². The number of nitrogens with one attached hydrogen (secondary N) is 1. The molecule has 1 aliphatic rings. The van der Waals surface area contributed by atoms with E-state index in [1.807, 2.05) is 60.0 Å². The molecule has 1 amide bonds. The van der Waals surface area contributed by atoms with Crippen molar-refractivity contribution < 1.29 is 18.7 Å². The number of thiophene rings is 1. The molecule has 0 aliphatic heterocycles. The summed E-state index contributed by atoms with van der Waals surface area (Å²) in [4.78, 5) is 31.4. The highest BCUT2D eigenvalue weighted by atomic mass is 32.1. The summed E-state index contributed by atoms with van der Waals surface area (Å²) in [7, 11) is 0. The summed E-state index contributed by atoms with van der Waals surface area (Å²) in [5.74, 6) is -0.0860. The first-order valence-corrected chi connectivity index (χ1v) is 11.7. The van der Waals surface area contributed by atoms with Gasteiger partial charge in [0.05, 0.1) is 29.6 Å². The Balaban J connectivity index is 1.43. The highest BCUT2D eigenvalue weighted by Gasteiger charge is 2.26. The second-order valence-electron chi connectivity index (χ2n) is 7.80. The standard InChI is InChI=1S/C26H22N2O4S/c29-23(27-15-19-8-5-13-33-19)16-32-26(30)24-20-9-1-2-11-22(20)28-25-17(6-3-10-21(24)25)14-18-7-4-12-31-18/h1-2,4-5,7-9,11-14H,3,6,10,15-16H2,(H,27,29). The summed E-state index contributed by atoms with van der Waals surface area (Å²) in [6.45, 7) is 0.0906. The quantitative estimate of drug-likeness (QED) is 0.400. The zero-order chi connectivity index (χ0) is 22.6. The van der Waals surface area contributed by atoms with Gasteiger partial charge in [-0.05, 0) is 66.1 Å². The number of ether oxygens (including phenoxy) is 1. The number of rotatable bonds is 6. The smallest absolute Gasteiger partial charge is 0.339 e. The number of pyridine rings is 1. The monoisotopic (exact) mass is 458 g/mol. The number of carbonyl (C=O) groups excluding carboxylic acids is 2. The average molecular weight is 459 g/mol. The van der Waals surface area contributed by atoms with Crippen LogP contribution in [0.1, 0.15) is 45.1 Å². The molecule has 0 unspecified atom stereocenters. The van der Waals surface area contributed by atoms with Crippen molar-refractivity contribution in [2.24, 2.45) is 0 Å². The van der Waals surface area contributed by atoms with Crippen LogP contribution in [-0.2, 0) is 22.5 Å². The number of carbonyl (C=O) groups is 2. The van der Waals surface area contributed by atoms with E-state index < -0.39 is 5.97 Å². The second-order valence-corrected chi connectivity index (χ2v) is 8.83. The molecule has 0 saturated carbocycles. The number of allylic oxidation sites excluding steroid dienone is 1. The Labute approximate surface area is 194 Å². The largest absolute Gasteiger partial charge is 0.465 e. The summed E-state index contributed by atoms with van der Waals surface area (Å²) in [5, 5.41) is 5.47. The van der Waals surface area contributed by atoms with Gasteiger partial charge in [-0.2, -0.15) is 0 Å². The van der Waals surface area contributed by atoms with E-state index in [4.69, 9.17) is 14.1 Å². The molecular weight excluding hydrogens is 436 g/mol. The van der Waals surface area contributed by atoms with Crippen LogP contribution >= 0.6 is 11.3 Å². The molecule has 7 heteroatoms. The van der Waals surface area contributed by atoms with Gasteiger partial charge in [0, 0.05) is 10.3 Å². The zero-order valence-corrected chi connectivity index (χ0v) is 18.7. The fourth-order valence-electron chi connectivity index (χ4n) is 4.11. The minimum absolute atomic E-state index is 0.329. The lowest BCUT2D eigenvalue weighted by molar-refractivity contribution is -0.124. The number of amides is 1. The summed E-state index contributed by atoms with van der Waals surface area (Å²) >= 11 is 1.56. The minimum Gasteiger partial charge on any atom is -0.465 e. The lowest BCUT2D eigenvalue weighted by Gasteiger charge is -2.22. The number of hydrogen-bond donors (Lipinski definition) is 1. The second kappa shape index (κ2) is 9.42. The molecule has 1 aliphatic carbocycles. The lowest BCUT2D eigenvalue weighted by atomic mass is 9.86. The number of nitrogens with zero attached hydrogens (tertiary/aromatic N) is 1. The van der Waals surface area contributed by atoms with Crippen LogP contribution in [0.25, 0.3) is 22.6 Å². The maximum Gasteiger partial charge on any atom is 0.339 e. The fourth-order valence-corrected chi connectivity index (χ4v) is 4.75. The van der Waals surface area contributed by atoms with Crippen molar-refractivity contribution in [3.63, 3.8) is 0 Å². The first-order valence-electron chi connectivity index (χ1n) is 10.8. The van der Waals surface area contributed by atoms with Crippen LogP contribution in [0.4, 0.5) is 0 Å². The predicted molar refractivity (Wildman–Crippen MR) is 128 cm³/mol. The highest BCUT2D eigenvalue weighted by Crippen LogP contribution is 2.36. The molecule has 33 heavy (non-hydrogen) atoms. The van der Waals surface area contributed by atoms with Crippen LogP contribution in [-0.4, -0.2) is 23.5 Å². The maximum absolute atomic E-state index is 13.2. The first kappa shape index (κ1) is 21.2. The molecule has 0 bridgehead atoms. The molecule has 0 atom stereocenters. The lowest BCUT2D eigenvalue weighted by Crippen LogP contribution is -2.28. The van der Waals surface area contributed by atoms with Crippen LogP contribution in [0, 0.1) is 0 Å². The molecule has 4 aromatic rings. The Morgan fingerprint density at radius 3 is 2.85 bits per heavy atom. The van der Waals surface area contributed by atoms with Gasteiger partial charge in [-0.3, -0.25) is 4.79 Å². The number of esters is 1. The normalized spacial score (nSPS) is 14.2. The Morgan fingerprint density at radius 1 is 1.12 bits per heavy atom. The van der Waals surface area contributed by atoms with Crippen molar-refractivity contribution >= 4 is 45.8 Å². The summed E-state index contributed by atoms with van der Waals surface area (Å²) in [6.07, 6.45) is 6.07. The molecule has 0 spiro atoms. The van der Waals surface area contributed by atoms with Crippen LogP contribution in [0.2, 0.25) is 0 Å². The summed E-state index contributed by atoms with van der Waals surface area (Å²) in [5.41, 5.74) is 3.90. The molecule has 0 fully saturated rings. The van der Waals surface area contributed by atoms with Crippen molar-refractivity contribution in [2.75, 3.05) is 6.61 Å². The van der Waals surface area contributed by atoms with Gasteiger partial charge in [0.1, 0.15) is 5.76 Å². The van der Waals surface area contributed by atoms with Crippen molar-refractivity contribution in [1.82, 2.24) is 10.3 Å². The predicted octanol–water partition coefficient (Wildman–Crippen LogP) is 5.24. The van der Waals surface area contributed by atoms with Gasteiger partial charge in [-0.1, -0.05) is 24.3 Å². The molecular formula is C26H22N2O4S. The number of aromatic nitrogens is 1. The molecule has 0 radical (unpaired) electrons. The van der Waals surface area contributed by atoms with Crippen molar-refractivity contribution in [3.8, 4) is 0 Å². The number of furan rings is 1. The molecule has 3 aromatic heterocycles. The zero-order valence-electron chi connectivity index (χ0n) is 17.9. The van der Waals surface area contributed by atoms with E-state index in [0.29, 0.717) is 12.1 Å². The SMILES string of the molecule is O=C(COC(=O)c1c2c(nc3ccccc13)C(=Cc1ccco1)CCC2)NCc1cccs1. The summed E-state index contributed by atoms with van der Waals surface area (Å²) < 4.78 is 11.0. The van der Waals surface area contributed by atoms with Crippen LogP contribution < -0.4 is 5.32 Å². The molecule has 3 heterocycles. The average Bonchev–Trinajstić information content (AvgIpc) is 3.54. The van der Waals surface area contributed by atoms with Crippen LogP contribution in [0.3, 0.4) is 0 Å². The van der Waals surface area contributed by atoms with Gasteiger partial charge in [0.15, 0.2) is 6.61 Å². The number of benzene rings is 1. The van der Waals surface area contributed by atoms with Crippen molar-refractivity contribution in [2.45, 2.75) is 25.8 Å². The van der Waals surface area contributed by atoms with E-state index in [1.54, 1.807) is 17.6 Å². The van der Waals surface area contributed by atoms with Gasteiger partial charge in [0.25, 0.3) is 5.91 Å². The van der Waals surface area contributed by atoms with Crippen molar-refractivity contribution in [3.05, 3.63) is 87.6 Å². The third kappa shape index (κ3) is 4.59. The van der Waals surface area contributed by atoms with E-state index in [2.05, 4.69) is 5.32 Å². The van der Waals surface area contributed by atoms with E-state index in [-0.39, 0.29) is 12.5 Å². The van der Waals surface area contributed by atoms with Gasteiger partial charge < -0.3 is 14.5 Å². The number of hydrogen-bond acceptors (Lipinski definition) is 6. The van der Waals surface area contributed by atoms with E-state index in [0.717, 1.165) is 57.6 Å². The van der Waals surface area contributed by atoms with Gasteiger partial charge in [0.2, 0.25) is 0 Å². The molecule has 6 nitrogen and oxygen atoms in total. The molecule has 0 saturated heterocycles. The Morgan fingerprint density at radius 2 is 2.03 bits per heavy atom. The molecule has 5 rings (SSSR count). The maximum atomic E-state index is 13.2. The van der Waals surface area contributed by atoms with Crippen LogP contribution in [0.15, 0.2) is 64.6 Å². The third-order valence-electron chi connectivity index (χ3n) is 5.61. The fraction of sp³-hybridized carbons (Fsp3) is 0.192. The van der Waals surface area contributed by atoms with Crippen LogP contribution in [0.5, 0.6) is 0 Å². The highest BCUT2D eigenvalue weighted by molar-refractivity contribution is 7.09. The first-order chi connectivity index (χ1) is 16.2. The third-order valence-corrected chi connectivity index (χ3v) is 6.48. The topological polar surface area (TPSA) is 81.4 Å². The number of fused-ring (bicyclic) bond motifs is 2. The number of para-hydroxylation sites is 1. The summed E-state index contributed by atoms with van der Waals surface area (Å²) in [6, 6.07) is 15.2. The van der Waals surface area contributed by atoms with E-state index in [1.165, 1.54) is 0 Å². The molecule has 1 aromatic carbocycles. The van der Waals surface area contributed by atoms with Crippen molar-refractivity contribution in [1.29, 1.82) is 0 Å². The Hall–Kier alpha value is -3.71. The molecule has 1 N–H and O–H groups in total. The van der Waals surface area contributed by atoms with E-state index in [9.17, 15) is 9.59 Å². The van der Waals surface area contributed by atoms with Gasteiger partial charge in [-0.25, -0.2) is 9.78 Å². The minimum atomic E-state index is -0.504.